The first-order chi connectivity index (χ1) is 14.0. The molecule has 0 saturated carbocycles. The number of benzene rings is 1. The summed E-state index contributed by atoms with van der Waals surface area (Å²) in [6.45, 7) is 5.42. The third-order valence-corrected chi connectivity index (χ3v) is 6.12. The molecule has 0 atom stereocenters. The number of methoxy groups -OCH3 is 1. The van der Waals surface area contributed by atoms with Gasteiger partial charge in [-0.05, 0) is 42.8 Å². The minimum atomic E-state index is -0.353. The maximum absolute atomic E-state index is 13.9. The van der Waals surface area contributed by atoms with Crippen molar-refractivity contribution in [3.05, 3.63) is 58.3 Å². The Bertz CT molecular complexity index is 1010. The van der Waals surface area contributed by atoms with Crippen LogP contribution >= 0.6 is 11.3 Å². The van der Waals surface area contributed by atoms with E-state index in [1.54, 1.807) is 17.4 Å². The van der Waals surface area contributed by atoms with Crippen LogP contribution < -0.4 is 4.74 Å². The molecular formula is C21H23FN4O2S. The Balaban J connectivity index is 1.34. The van der Waals surface area contributed by atoms with Crippen LogP contribution in [0, 0.1) is 12.7 Å². The van der Waals surface area contributed by atoms with Crippen molar-refractivity contribution < 1.29 is 13.9 Å². The summed E-state index contributed by atoms with van der Waals surface area (Å²) >= 11 is 1.67. The third kappa shape index (κ3) is 4.33. The number of carbonyl (C=O) groups is 1. The normalized spacial score (nSPS) is 14.9. The molecule has 29 heavy (non-hydrogen) atoms. The number of ether oxygens (including phenoxy) is 1. The zero-order chi connectivity index (χ0) is 20.4. The van der Waals surface area contributed by atoms with Gasteiger partial charge in [0.25, 0.3) is 5.91 Å². The van der Waals surface area contributed by atoms with Crippen LogP contribution in [0.3, 0.4) is 0 Å². The second-order valence-electron chi connectivity index (χ2n) is 7.11. The Morgan fingerprint density at radius 1 is 1.21 bits per heavy atom. The second kappa shape index (κ2) is 8.34. The molecule has 1 N–H and O–H groups in total. The summed E-state index contributed by atoms with van der Waals surface area (Å²) in [4.78, 5) is 19.1. The van der Waals surface area contributed by atoms with E-state index in [0.29, 0.717) is 25.3 Å². The summed E-state index contributed by atoms with van der Waals surface area (Å²) in [7, 11) is 1.46. The predicted molar refractivity (Wildman–Crippen MR) is 111 cm³/mol. The van der Waals surface area contributed by atoms with Crippen molar-refractivity contribution in [2.75, 3.05) is 33.3 Å². The predicted octanol–water partition coefficient (Wildman–Crippen LogP) is 3.55. The van der Waals surface area contributed by atoms with Gasteiger partial charge >= 0.3 is 0 Å². The number of hydrogen-bond acceptors (Lipinski definition) is 5. The van der Waals surface area contributed by atoms with Crippen molar-refractivity contribution in [1.29, 1.82) is 0 Å². The van der Waals surface area contributed by atoms with Gasteiger partial charge in [0.05, 0.1) is 17.7 Å². The highest BCUT2D eigenvalue weighted by Crippen LogP contribution is 2.26. The van der Waals surface area contributed by atoms with Gasteiger partial charge in [-0.15, -0.1) is 11.3 Å². The van der Waals surface area contributed by atoms with Crippen molar-refractivity contribution in [3.8, 4) is 16.3 Å². The number of amides is 1. The molecule has 0 radical (unpaired) electrons. The topological polar surface area (TPSA) is 61.5 Å². The number of aromatic amines is 1. The van der Waals surface area contributed by atoms with Gasteiger partial charge in [0.2, 0.25) is 0 Å². The maximum Gasteiger partial charge on any atom is 0.274 e. The van der Waals surface area contributed by atoms with Crippen LogP contribution in [-0.2, 0) is 6.54 Å². The Morgan fingerprint density at radius 3 is 2.66 bits per heavy atom. The molecule has 2 aromatic heterocycles. The van der Waals surface area contributed by atoms with Gasteiger partial charge in [-0.2, -0.15) is 5.10 Å². The molecule has 8 heteroatoms. The average molecular weight is 415 g/mol. The van der Waals surface area contributed by atoms with Crippen LogP contribution in [0.1, 0.15) is 20.9 Å². The fourth-order valence-electron chi connectivity index (χ4n) is 3.47. The summed E-state index contributed by atoms with van der Waals surface area (Å²) in [6.07, 6.45) is 0. The number of nitrogens with zero attached hydrogens (tertiary/aromatic N) is 3. The maximum atomic E-state index is 13.9. The van der Waals surface area contributed by atoms with Gasteiger partial charge in [-0.25, -0.2) is 4.39 Å². The smallest absolute Gasteiger partial charge is 0.274 e. The summed E-state index contributed by atoms with van der Waals surface area (Å²) < 4.78 is 18.8. The zero-order valence-electron chi connectivity index (χ0n) is 16.4. The van der Waals surface area contributed by atoms with Gasteiger partial charge < -0.3 is 9.64 Å². The highest BCUT2D eigenvalue weighted by molar-refractivity contribution is 7.15. The number of carbonyl (C=O) groups excluding carboxylic acids is 1. The molecule has 1 aromatic carbocycles. The number of piperazine rings is 1. The van der Waals surface area contributed by atoms with E-state index in [1.165, 1.54) is 18.1 Å². The molecule has 3 aromatic rings. The molecule has 0 aliphatic carbocycles. The van der Waals surface area contributed by atoms with E-state index in [-0.39, 0.29) is 17.5 Å². The lowest BCUT2D eigenvalue weighted by Gasteiger charge is -2.34. The van der Waals surface area contributed by atoms with Crippen molar-refractivity contribution in [1.82, 2.24) is 20.0 Å². The number of hydrogen-bond donors (Lipinski definition) is 1. The van der Waals surface area contributed by atoms with Crippen LogP contribution in [0.15, 0.2) is 36.4 Å². The fraction of sp³-hybridized carbons (Fsp3) is 0.333. The van der Waals surface area contributed by atoms with Crippen molar-refractivity contribution in [2.45, 2.75) is 13.5 Å². The quantitative estimate of drug-likeness (QED) is 0.694. The van der Waals surface area contributed by atoms with E-state index >= 15 is 0 Å². The Hall–Kier alpha value is -2.71. The first-order valence-corrected chi connectivity index (χ1v) is 10.3. The van der Waals surface area contributed by atoms with Crippen molar-refractivity contribution >= 4 is 17.2 Å². The van der Waals surface area contributed by atoms with E-state index in [9.17, 15) is 9.18 Å². The summed E-state index contributed by atoms with van der Waals surface area (Å²) in [5.41, 5.74) is 2.20. The molecule has 3 heterocycles. The van der Waals surface area contributed by atoms with E-state index in [2.05, 4.69) is 28.1 Å². The molecule has 6 nitrogen and oxygen atoms in total. The van der Waals surface area contributed by atoms with Gasteiger partial charge in [-0.1, -0.05) is 6.07 Å². The van der Waals surface area contributed by atoms with Crippen LogP contribution in [0.25, 0.3) is 10.6 Å². The lowest BCUT2D eigenvalue weighted by molar-refractivity contribution is 0.0622. The zero-order valence-corrected chi connectivity index (χ0v) is 17.3. The molecule has 4 rings (SSSR count). The summed E-state index contributed by atoms with van der Waals surface area (Å²) in [5, 5.41) is 7.18. The Morgan fingerprint density at radius 2 is 2.00 bits per heavy atom. The first-order valence-electron chi connectivity index (χ1n) is 9.50. The van der Waals surface area contributed by atoms with Crippen LogP contribution in [0.4, 0.5) is 4.39 Å². The van der Waals surface area contributed by atoms with E-state index in [0.717, 1.165) is 29.2 Å². The molecular weight excluding hydrogens is 391 g/mol. The molecule has 0 spiro atoms. The SMILES string of the molecule is COc1ccc(CN2CCN(C(=O)c3cc(-c4ccc(C)s4)[nH]n3)CC2)cc1F. The van der Waals surface area contributed by atoms with Crippen LogP contribution in [0.5, 0.6) is 5.75 Å². The standard InChI is InChI=1S/C21H23FN4O2S/c1-14-3-6-20(29-14)17-12-18(24-23-17)21(27)26-9-7-25(8-10-26)13-15-4-5-19(28-2)16(22)11-15/h3-6,11-12H,7-10,13H2,1-2H3,(H,23,24). The van der Waals surface area contributed by atoms with E-state index in [4.69, 9.17) is 4.74 Å². The molecule has 1 saturated heterocycles. The lowest BCUT2D eigenvalue weighted by atomic mass is 10.1. The van der Waals surface area contributed by atoms with Gasteiger partial charge in [-0.3, -0.25) is 14.8 Å². The van der Waals surface area contributed by atoms with Gasteiger partial charge in [0, 0.05) is 37.6 Å². The lowest BCUT2D eigenvalue weighted by Crippen LogP contribution is -2.48. The van der Waals surface area contributed by atoms with Gasteiger partial charge in [0.15, 0.2) is 17.3 Å². The van der Waals surface area contributed by atoms with Crippen LogP contribution in [0.2, 0.25) is 0 Å². The fourth-order valence-corrected chi connectivity index (χ4v) is 4.31. The first kappa shape index (κ1) is 19.6. The Labute approximate surface area is 172 Å². The number of thiophene rings is 1. The molecule has 1 aliphatic heterocycles. The Kier molecular flexibility index (Phi) is 5.64. The molecule has 0 unspecified atom stereocenters. The monoisotopic (exact) mass is 414 g/mol. The molecule has 152 valence electrons. The summed E-state index contributed by atoms with van der Waals surface area (Å²) in [6, 6.07) is 10.9. The highest BCUT2D eigenvalue weighted by atomic mass is 32.1. The number of nitrogens with one attached hydrogen (secondary N) is 1. The number of aromatic nitrogens is 2. The minimum absolute atomic E-state index is 0.0593. The van der Waals surface area contributed by atoms with E-state index in [1.807, 2.05) is 23.1 Å². The van der Waals surface area contributed by atoms with Crippen LogP contribution in [-0.4, -0.2) is 59.2 Å². The van der Waals surface area contributed by atoms with Crippen molar-refractivity contribution in [2.24, 2.45) is 0 Å². The second-order valence-corrected chi connectivity index (χ2v) is 8.40. The molecule has 0 bridgehead atoms. The average Bonchev–Trinajstić information content (AvgIpc) is 3.37. The third-order valence-electron chi connectivity index (χ3n) is 5.08. The number of H-pyrrole nitrogens is 1. The highest BCUT2D eigenvalue weighted by Gasteiger charge is 2.24. The summed E-state index contributed by atoms with van der Waals surface area (Å²) in [5.74, 6) is -0.162. The van der Waals surface area contributed by atoms with Gasteiger partial charge in [0.1, 0.15) is 0 Å². The number of aryl methyl sites for hydroxylation is 1. The largest absolute Gasteiger partial charge is 0.494 e. The number of rotatable bonds is 5. The van der Waals surface area contributed by atoms with E-state index < -0.39 is 0 Å². The minimum Gasteiger partial charge on any atom is -0.494 e. The number of halogens is 1. The molecule has 1 aliphatic rings. The van der Waals surface area contributed by atoms with Crippen molar-refractivity contribution in [3.63, 3.8) is 0 Å². The molecule has 1 amide bonds. The molecule has 1 fully saturated rings.